The van der Waals surface area contributed by atoms with Crippen LogP contribution in [-0.2, 0) is 9.53 Å². The zero-order chi connectivity index (χ0) is 19.3. The number of nitriles is 1. The number of hydrogen-bond acceptors (Lipinski definition) is 6. The van der Waals surface area contributed by atoms with Crippen molar-refractivity contribution < 1.29 is 14.3 Å². The number of esters is 1. The smallest absolute Gasteiger partial charge is 0.325 e. The molecule has 0 aliphatic rings. The normalized spacial score (nSPS) is 11.5. The van der Waals surface area contributed by atoms with Gasteiger partial charge in [-0.05, 0) is 31.5 Å². The maximum Gasteiger partial charge on any atom is 0.325 e. The Morgan fingerprint density at radius 2 is 2.19 bits per heavy atom. The van der Waals surface area contributed by atoms with Crippen molar-refractivity contribution >= 4 is 17.7 Å². The first-order valence-electron chi connectivity index (χ1n) is 8.14. The second kappa shape index (κ2) is 8.16. The zero-order valence-corrected chi connectivity index (χ0v) is 15.0. The van der Waals surface area contributed by atoms with Gasteiger partial charge in [-0.2, -0.15) is 10.4 Å². The molecule has 2 aromatic rings. The molecular formula is C18H21N5O3. The Morgan fingerprint density at radius 3 is 2.77 bits per heavy atom. The summed E-state index contributed by atoms with van der Waals surface area (Å²) in [5, 5.41) is 13.1. The van der Waals surface area contributed by atoms with Gasteiger partial charge in [0.1, 0.15) is 24.0 Å². The molecule has 0 saturated carbocycles. The fraction of sp³-hybridized carbons (Fsp3) is 0.333. The van der Waals surface area contributed by atoms with Crippen molar-refractivity contribution in [2.75, 3.05) is 19.4 Å². The number of anilines is 1. The molecule has 8 nitrogen and oxygen atoms in total. The molecule has 2 N–H and O–H groups in total. The predicted octanol–water partition coefficient (Wildman–Crippen LogP) is 1.74. The maximum atomic E-state index is 12.9. The number of nitrogens with two attached hydrogens (primary N) is 1. The van der Waals surface area contributed by atoms with Crippen molar-refractivity contribution in [2.45, 2.75) is 26.3 Å². The van der Waals surface area contributed by atoms with Crippen LogP contribution in [0.1, 0.15) is 36.2 Å². The minimum Gasteiger partial charge on any atom is -0.468 e. The summed E-state index contributed by atoms with van der Waals surface area (Å²) in [5.74, 6) is -0.576. The van der Waals surface area contributed by atoms with E-state index in [2.05, 4.69) is 5.10 Å². The van der Waals surface area contributed by atoms with Crippen molar-refractivity contribution in [2.24, 2.45) is 0 Å². The minimum absolute atomic E-state index is 0.128. The lowest BCUT2D eigenvalue weighted by Gasteiger charge is -2.27. The summed E-state index contributed by atoms with van der Waals surface area (Å²) < 4.78 is 6.08. The largest absolute Gasteiger partial charge is 0.468 e. The van der Waals surface area contributed by atoms with E-state index in [-0.39, 0.29) is 29.9 Å². The van der Waals surface area contributed by atoms with E-state index in [1.165, 1.54) is 22.9 Å². The number of amides is 1. The Labute approximate surface area is 151 Å². The summed E-state index contributed by atoms with van der Waals surface area (Å²) in [6.45, 7) is 3.68. The number of ether oxygens (including phenoxy) is 1. The third-order valence-corrected chi connectivity index (χ3v) is 4.18. The van der Waals surface area contributed by atoms with Gasteiger partial charge in [0.2, 0.25) is 0 Å². The molecule has 0 bridgehead atoms. The van der Waals surface area contributed by atoms with E-state index in [1.807, 2.05) is 19.9 Å². The lowest BCUT2D eigenvalue weighted by atomic mass is 10.1. The quantitative estimate of drug-likeness (QED) is 0.789. The molecule has 1 atom stereocenters. The van der Waals surface area contributed by atoms with E-state index < -0.39 is 5.97 Å². The second-order valence-corrected chi connectivity index (χ2v) is 5.78. The number of methoxy groups -OCH3 is 1. The number of rotatable bonds is 6. The number of carbonyl (C=O) groups is 2. The molecule has 1 aromatic carbocycles. The fourth-order valence-electron chi connectivity index (χ4n) is 2.44. The molecular weight excluding hydrogens is 334 g/mol. The van der Waals surface area contributed by atoms with Crippen LogP contribution < -0.4 is 5.73 Å². The van der Waals surface area contributed by atoms with E-state index in [4.69, 9.17) is 15.7 Å². The molecule has 0 saturated heterocycles. The van der Waals surface area contributed by atoms with Crippen molar-refractivity contribution in [1.29, 1.82) is 5.26 Å². The Balaban J connectivity index is 2.37. The standard InChI is InChI=1S/C18H21N5O3/c1-4-12(2)22(11-16(24)26-3)18(25)13-6-5-7-15(8-13)23-17(20)14(9-19)10-21-23/h5-8,10,12H,4,11,20H2,1-3H3. The van der Waals surface area contributed by atoms with Crippen molar-refractivity contribution in [3.05, 3.63) is 41.6 Å². The van der Waals surface area contributed by atoms with Crippen LogP contribution in [0.5, 0.6) is 0 Å². The van der Waals surface area contributed by atoms with Gasteiger partial charge < -0.3 is 15.4 Å². The van der Waals surface area contributed by atoms with Crippen LogP contribution in [0.4, 0.5) is 5.82 Å². The van der Waals surface area contributed by atoms with E-state index in [0.717, 1.165) is 0 Å². The van der Waals surface area contributed by atoms with Crippen LogP contribution in [0.2, 0.25) is 0 Å². The van der Waals surface area contributed by atoms with Crippen molar-refractivity contribution in [1.82, 2.24) is 14.7 Å². The number of hydrogen-bond donors (Lipinski definition) is 1. The predicted molar refractivity (Wildman–Crippen MR) is 95.5 cm³/mol. The van der Waals surface area contributed by atoms with Gasteiger partial charge in [-0.15, -0.1) is 0 Å². The van der Waals surface area contributed by atoms with Gasteiger partial charge in [-0.25, -0.2) is 4.68 Å². The van der Waals surface area contributed by atoms with Gasteiger partial charge in [0, 0.05) is 11.6 Å². The van der Waals surface area contributed by atoms with E-state index in [0.29, 0.717) is 17.7 Å². The highest BCUT2D eigenvalue weighted by Crippen LogP contribution is 2.19. The number of carbonyl (C=O) groups excluding carboxylic acids is 2. The van der Waals surface area contributed by atoms with Crippen LogP contribution >= 0.6 is 0 Å². The summed E-state index contributed by atoms with van der Waals surface area (Å²) in [5.41, 5.74) is 7.11. The molecule has 0 aliphatic heterocycles. The summed E-state index contributed by atoms with van der Waals surface area (Å²) in [6, 6.07) is 8.53. The number of benzene rings is 1. The highest BCUT2D eigenvalue weighted by atomic mass is 16.5. The van der Waals surface area contributed by atoms with Crippen LogP contribution in [0, 0.1) is 11.3 Å². The van der Waals surface area contributed by atoms with E-state index in [9.17, 15) is 9.59 Å². The molecule has 1 aromatic heterocycles. The molecule has 0 spiro atoms. The first-order valence-corrected chi connectivity index (χ1v) is 8.14. The van der Waals surface area contributed by atoms with E-state index in [1.54, 1.807) is 24.3 Å². The molecule has 0 aliphatic carbocycles. The van der Waals surface area contributed by atoms with Crippen LogP contribution in [0.3, 0.4) is 0 Å². The van der Waals surface area contributed by atoms with Gasteiger partial charge in [-0.3, -0.25) is 9.59 Å². The Hall–Kier alpha value is -3.34. The molecule has 0 radical (unpaired) electrons. The van der Waals surface area contributed by atoms with Gasteiger partial charge in [-0.1, -0.05) is 13.0 Å². The molecule has 0 fully saturated rings. The fourth-order valence-corrected chi connectivity index (χ4v) is 2.44. The molecule has 136 valence electrons. The average molecular weight is 355 g/mol. The number of nitrogen functional groups attached to an aromatic ring is 1. The Kier molecular flexibility index (Phi) is 5.96. The molecule has 2 rings (SSSR count). The SMILES string of the molecule is CCC(C)N(CC(=O)OC)C(=O)c1cccc(-n2ncc(C#N)c2N)c1. The molecule has 26 heavy (non-hydrogen) atoms. The topological polar surface area (TPSA) is 114 Å². The summed E-state index contributed by atoms with van der Waals surface area (Å²) in [7, 11) is 1.29. The van der Waals surface area contributed by atoms with Gasteiger partial charge in [0.15, 0.2) is 0 Å². The average Bonchev–Trinajstić information content (AvgIpc) is 3.05. The Morgan fingerprint density at radius 1 is 1.46 bits per heavy atom. The van der Waals surface area contributed by atoms with Crippen molar-refractivity contribution in [3.8, 4) is 11.8 Å². The zero-order valence-electron chi connectivity index (χ0n) is 15.0. The second-order valence-electron chi connectivity index (χ2n) is 5.78. The first kappa shape index (κ1) is 19.0. The van der Waals surface area contributed by atoms with Gasteiger partial charge >= 0.3 is 5.97 Å². The Bertz CT molecular complexity index is 853. The summed E-state index contributed by atoms with van der Waals surface area (Å²) in [6.07, 6.45) is 2.06. The highest BCUT2D eigenvalue weighted by molar-refractivity contribution is 5.96. The van der Waals surface area contributed by atoms with Crippen LogP contribution in [-0.4, -0.2) is 46.3 Å². The molecule has 1 amide bonds. The molecule has 1 heterocycles. The summed E-state index contributed by atoms with van der Waals surface area (Å²) in [4.78, 5) is 26.1. The van der Waals surface area contributed by atoms with E-state index >= 15 is 0 Å². The lowest BCUT2D eigenvalue weighted by Crippen LogP contribution is -2.42. The van der Waals surface area contributed by atoms with Crippen molar-refractivity contribution in [3.63, 3.8) is 0 Å². The third-order valence-electron chi connectivity index (χ3n) is 4.18. The van der Waals surface area contributed by atoms with Crippen LogP contribution in [0.15, 0.2) is 30.5 Å². The minimum atomic E-state index is -0.482. The van der Waals surface area contributed by atoms with Crippen LogP contribution in [0.25, 0.3) is 5.69 Å². The lowest BCUT2D eigenvalue weighted by molar-refractivity contribution is -0.141. The molecule has 1 unspecified atom stereocenters. The first-order chi connectivity index (χ1) is 12.4. The highest BCUT2D eigenvalue weighted by Gasteiger charge is 2.24. The number of nitrogens with zero attached hydrogens (tertiary/aromatic N) is 4. The summed E-state index contributed by atoms with van der Waals surface area (Å²) >= 11 is 0. The number of aromatic nitrogens is 2. The molecule has 8 heteroatoms. The third kappa shape index (κ3) is 3.83. The maximum absolute atomic E-state index is 12.9. The van der Waals surface area contributed by atoms with Gasteiger partial charge in [0.25, 0.3) is 5.91 Å². The van der Waals surface area contributed by atoms with Gasteiger partial charge in [0.05, 0.1) is 19.0 Å². The monoisotopic (exact) mass is 355 g/mol.